The number of hydrogen-bond acceptors (Lipinski definition) is 2. The standard InChI is InChI=1S/C22H25NO/c1-4-14-24-18-11-12-19-20(15-18)22(2,3)16-23-21(19)13-10-17-8-6-5-7-9-17/h5-13,15H,4,14,16H2,1-3H3/b13-10+. The van der Waals surface area contributed by atoms with Crippen molar-refractivity contribution in [1.29, 1.82) is 0 Å². The molecule has 0 radical (unpaired) electrons. The van der Waals surface area contributed by atoms with Crippen LogP contribution in [0.5, 0.6) is 5.75 Å². The van der Waals surface area contributed by atoms with Crippen molar-refractivity contribution in [2.75, 3.05) is 13.2 Å². The van der Waals surface area contributed by atoms with Crippen LogP contribution in [0.1, 0.15) is 43.9 Å². The first-order valence-corrected chi connectivity index (χ1v) is 8.65. The monoisotopic (exact) mass is 319 g/mol. The van der Waals surface area contributed by atoms with Crippen LogP contribution < -0.4 is 4.74 Å². The van der Waals surface area contributed by atoms with Gasteiger partial charge in [-0.25, -0.2) is 0 Å². The van der Waals surface area contributed by atoms with Crippen LogP contribution in [-0.2, 0) is 5.41 Å². The van der Waals surface area contributed by atoms with Crippen LogP contribution >= 0.6 is 0 Å². The summed E-state index contributed by atoms with van der Waals surface area (Å²) < 4.78 is 5.82. The largest absolute Gasteiger partial charge is 0.494 e. The molecule has 2 aromatic rings. The zero-order valence-corrected chi connectivity index (χ0v) is 14.8. The van der Waals surface area contributed by atoms with E-state index >= 15 is 0 Å². The summed E-state index contributed by atoms with van der Waals surface area (Å²) in [6.07, 6.45) is 5.27. The highest BCUT2D eigenvalue weighted by molar-refractivity contribution is 6.12. The van der Waals surface area contributed by atoms with Gasteiger partial charge in [-0.2, -0.15) is 0 Å². The molecule has 0 spiro atoms. The van der Waals surface area contributed by atoms with Crippen LogP contribution in [0.4, 0.5) is 0 Å². The number of nitrogens with zero attached hydrogens (tertiary/aromatic N) is 1. The van der Waals surface area contributed by atoms with Gasteiger partial charge in [0, 0.05) is 17.5 Å². The van der Waals surface area contributed by atoms with E-state index in [1.807, 2.05) is 6.07 Å². The molecule has 0 aromatic heterocycles. The van der Waals surface area contributed by atoms with Crippen molar-refractivity contribution >= 4 is 11.8 Å². The maximum Gasteiger partial charge on any atom is 0.119 e. The van der Waals surface area contributed by atoms with Crippen LogP contribution in [-0.4, -0.2) is 18.9 Å². The average Bonchev–Trinajstić information content (AvgIpc) is 2.60. The first kappa shape index (κ1) is 16.5. The third-order valence-electron chi connectivity index (χ3n) is 4.35. The predicted molar refractivity (Wildman–Crippen MR) is 102 cm³/mol. The van der Waals surface area contributed by atoms with Gasteiger partial charge in [-0.05, 0) is 41.8 Å². The molecule has 2 aromatic carbocycles. The molecule has 2 heteroatoms. The summed E-state index contributed by atoms with van der Waals surface area (Å²) in [5.41, 5.74) is 4.80. The fourth-order valence-electron chi connectivity index (χ4n) is 2.95. The van der Waals surface area contributed by atoms with E-state index in [9.17, 15) is 0 Å². The summed E-state index contributed by atoms with van der Waals surface area (Å²) in [6, 6.07) is 16.7. The quantitative estimate of drug-likeness (QED) is 0.736. The highest BCUT2D eigenvalue weighted by Crippen LogP contribution is 2.34. The van der Waals surface area contributed by atoms with Gasteiger partial charge in [-0.3, -0.25) is 4.99 Å². The molecular weight excluding hydrogens is 294 g/mol. The maximum absolute atomic E-state index is 5.82. The van der Waals surface area contributed by atoms with Crippen LogP contribution in [0.2, 0.25) is 0 Å². The average molecular weight is 319 g/mol. The van der Waals surface area contributed by atoms with Gasteiger partial charge >= 0.3 is 0 Å². The second-order valence-corrected chi connectivity index (χ2v) is 6.89. The highest BCUT2D eigenvalue weighted by atomic mass is 16.5. The molecule has 0 fully saturated rings. The van der Waals surface area contributed by atoms with Crippen molar-refractivity contribution in [2.24, 2.45) is 4.99 Å². The Bertz CT molecular complexity index is 757. The number of ether oxygens (including phenoxy) is 1. The van der Waals surface area contributed by atoms with Gasteiger partial charge in [0.1, 0.15) is 5.75 Å². The Labute approximate surface area is 144 Å². The normalized spacial score (nSPS) is 15.9. The first-order valence-electron chi connectivity index (χ1n) is 8.65. The molecule has 0 bridgehead atoms. The zero-order valence-electron chi connectivity index (χ0n) is 14.8. The van der Waals surface area contributed by atoms with Crippen molar-refractivity contribution in [1.82, 2.24) is 0 Å². The number of fused-ring (bicyclic) bond motifs is 1. The molecule has 0 atom stereocenters. The summed E-state index contributed by atoms with van der Waals surface area (Å²) in [7, 11) is 0. The fourth-order valence-corrected chi connectivity index (χ4v) is 2.95. The van der Waals surface area contributed by atoms with Crippen molar-refractivity contribution in [2.45, 2.75) is 32.6 Å². The van der Waals surface area contributed by atoms with Crippen LogP contribution in [0.15, 0.2) is 59.6 Å². The molecule has 0 unspecified atom stereocenters. The first-order chi connectivity index (χ1) is 11.6. The molecule has 124 valence electrons. The van der Waals surface area contributed by atoms with Gasteiger partial charge in [0.15, 0.2) is 0 Å². The van der Waals surface area contributed by atoms with Gasteiger partial charge in [-0.1, -0.05) is 57.2 Å². The Morgan fingerprint density at radius 1 is 1.08 bits per heavy atom. The molecule has 2 nitrogen and oxygen atoms in total. The summed E-state index contributed by atoms with van der Waals surface area (Å²) in [6.45, 7) is 8.18. The minimum Gasteiger partial charge on any atom is -0.494 e. The minimum atomic E-state index is 0.0327. The maximum atomic E-state index is 5.82. The molecule has 0 saturated heterocycles. The molecule has 0 saturated carbocycles. The van der Waals surface area contributed by atoms with Gasteiger partial charge in [0.05, 0.1) is 12.3 Å². The van der Waals surface area contributed by atoms with E-state index < -0.39 is 0 Å². The van der Waals surface area contributed by atoms with Crippen molar-refractivity contribution in [3.05, 3.63) is 71.3 Å². The highest BCUT2D eigenvalue weighted by Gasteiger charge is 2.29. The molecule has 1 aliphatic rings. The molecule has 3 rings (SSSR count). The minimum absolute atomic E-state index is 0.0327. The van der Waals surface area contributed by atoms with E-state index in [4.69, 9.17) is 9.73 Å². The molecular formula is C22H25NO. The van der Waals surface area contributed by atoms with Gasteiger partial charge in [-0.15, -0.1) is 0 Å². The Hall–Kier alpha value is -2.35. The SMILES string of the molecule is CCCOc1ccc2c(c1)C(C)(C)CN=C2/C=C/c1ccccc1. The number of benzene rings is 2. The number of aliphatic imine (C=N–C) groups is 1. The molecule has 1 aliphatic heterocycles. The van der Waals surface area contributed by atoms with E-state index in [0.29, 0.717) is 0 Å². The second-order valence-electron chi connectivity index (χ2n) is 6.89. The van der Waals surface area contributed by atoms with Crippen LogP contribution in [0.3, 0.4) is 0 Å². The summed E-state index contributed by atoms with van der Waals surface area (Å²) in [5.74, 6) is 0.956. The summed E-state index contributed by atoms with van der Waals surface area (Å²) in [4.78, 5) is 4.82. The third kappa shape index (κ3) is 3.59. The lowest BCUT2D eigenvalue weighted by molar-refractivity contribution is 0.316. The fraction of sp³-hybridized carbons (Fsp3) is 0.318. The summed E-state index contributed by atoms with van der Waals surface area (Å²) >= 11 is 0. The van der Waals surface area contributed by atoms with E-state index in [1.165, 1.54) is 16.7 Å². The Morgan fingerprint density at radius 2 is 1.88 bits per heavy atom. The summed E-state index contributed by atoms with van der Waals surface area (Å²) in [5, 5.41) is 0. The van der Waals surface area contributed by atoms with Gasteiger partial charge in [0.25, 0.3) is 0 Å². The Morgan fingerprint density at radius 3 is 2.62 bits per heavy atom. The molecule has 0 N–H and O–H groups in total. The Kier molecular flexibility index (Phi) is 4.84. The van der Waals surface area contributed by atoms with E-state index in [2.05, 4.69) is 75.4 Å². The number of rotatable bonds is 5. The van der Waals surface area contributed by atoms with Crippen molar-refractivity contribution < 1.29 is 4.74 Å². The molecule has 0 aliphatic carbocycles. The van der Waals surface area contributed by atoms with Gasteiger partial charge in [0.2, 0.25) is 0 Å². The number of hydrogen-bond donors (Lipinski definition) is 0. The molecule has 24 heavy (non-hydrogen) atoms. The third-order valence-corrected chi connectivity index (χ3v) is 4.35. The zero-order chi connectivity index (χ0) is 17.0. The molecule has 0 amide bonds. The predicted octanol–water partition coefficient (Wildman–Crippen LogP) is 5.27. The van der Waals surface area contributed by atoms with E-state index in [1.54, 1.807) is 0 Å². The lowest BCUT2D eigenvalue weighted by Crippen LogP contribution is -2.29. The van der Waals surface area contributed by atoms with Crippen LogP contribution in [0.25, 0.3) is 6.08 Å². The molecule has 1 heterocycles. The number of allylic oxidation sites excluding steroid dienone is 1. The topological polar surface area (TPSA) is 21.6 Å². The van der Waals surface area contributed by atoms with E-state index in [-0.39, 0.29) is 5.41 Å². The van der Waals surface area contributed by atoms with Crippen molar-refractivity contribution in [3.63, 3.8) is 0 Å². The Balaban J connectivity index is 1.92. The van der Waals surface area contributed by atoms with E-state index in [0.717, 1.165) is 31.0 Å². The lowest BCUT2D eigenvalue weighted by atomic mass is 9.78. The van der Waals surface area contributed by atoms with Crippen molar-refractivity contribution in [3.8, 4) is 5.75 Å². The smallest absolute Gasteiger partial charge is 0.119 e. The lowest BCUT2D eigenvalue weighted by Gasteiger charge is -2.31. The van der Waals surface area contributed by atoms with Gasteiger partial charge < -0.3 is 4.74 Å². The second kappa shape index (κ2) is 7.04. The van der Waals surface area contributed by atoms with Crippen LogP contribution in [0, 0.1) is 0 Å².